The quantitative estimate of drug-likeness (QED) is 0.261. The van der Waals surface area contributed by atoms with Crippen LogP contribution in [-0.2, 0) is 11.3 Å². The summed E-state index contributed by atoms with van der Waals surface area (Å²) in [5, 5.41) is 6.77. The average Bonchev–Trinajstić information content (AvgIpc) is 3.45. The maximum absolute atomic E-state index is 6.12. The largest absolute Gasteiger partial charge is 0.491 e. The van der Waals surface area contributed by atoms with Crippen molar-refractivity contribution in [3.8, 4) is 5.75 Å². The summed E-state index contributed by atoms with van der Waals surface area (Å²) in [6.45, 7) is 7.57. The zero-order valence-electron chi connectivity index (χ0n) is 19.6. The lowest BCUT2D eigenvalue weighted by Gasteiger charge is -2.23. The van der Waals surface area contributed by atoms with E-state index in [-0.39, 0.29) is 36.1 Å². The molecule has 1 aromatic carbocycles. The molecule has 2 aromatic rings. The van der Waals surface area contributed by atoms with Gasteiger partial charge in [0.15, 0.2) is 5.96 Å². The van der Waals surface area contributed by atoms with Crippen LogP contribution in [0.25, 0.3) is 0 Å². The Morgan fingerprint density at radius 1 is 1.28 bits per heavy atom. The molecule has 1 fully saturated rings. The lowest BCUT2D eigenvalue weighted by atomic mass is 10.1. The number of aryl methyl sites for hydroxylation is 1. The van der Waals surface area contributed by atoms with Crippen molar-refractivity contribution in [2.45, 2.75) is 45.4 Å². The SMILES string of the molecule is CCNC(=NCc1ccc(C)cc1OCC1CCCO1)NCC(c1ccco1)N(C)C.I. The van der Waals surface area contributed by atoms with Gasteiger partial charge in [-0.05, 0) is 64.5 Å². The second-order valence-corrected chi connectivity index (χ2v) is 8.13. The molecule has 2 heterocycles. The van der Waals surface area contributed by atoms with Gasteiger partial charge in [0.2, 0.25) is 0 Å². The molecule has 0 amide bonds. The van der Waals surface area contributed by atoms with Gasteiger partial charge >= 0.3 is 0 Å². The molecule has 0 aliphatic carbocycles. The monoisotopic (exact) mass is 556 g/mol. The van der Waals surface area contributed by atoms with E-state index in [1.807, 2.05) is 26.2 Å². The molecule has 1 saturated heterocycles. The molecule has 32 heavy (non-hydrogen) atoms. The van der Waals surface area contributed by atoms with E-state index in [1.54, 1.807) is 6.26 Å². The number of nitrogens with zero attached hydrogens (tertiary/aromatic N) is 2. The highest BCUT2D eigenvalue weighted by Crippen LogP contribution is 2.23. The number of hydrogen-bond donors (Lipinski definition) is 2. The predicted octanol–water partition coefficient (Wildman–Crippen LogP) is 4.12. The summed E-state index contributed by atoms with van der Waals surface area (Å²) in [5.74, 6) is 2.58. The van der Waals surface area contributed by atoms with Gasteiger partial charge in [-0.2, -0.15) is 0 Å². The van der Waals surface area contributed by atoms with E-state index < -0.39 is 0 Å². The maximum atomic E-state index is 6.12. The number of benzene rings is 1. The molecule has 2 N–H and O–H groups in total. The molecule has 0 radical (unpaired) electrons. The zero-order valence-corrected chi connectivity index (χ0v) is 21.9. The molecule has 178 valence electrons. The van der Waals surface area contributed by atoms with Crippen LogP contribution >= 0.6 is 24.0 Å². The van der Waals surface area contributed by atoms with E-state index in [4.69, 9.17) is 18.9 Å². The Kier molecular flexibility index (Phi) is 11.3. The van der Waals surface area contributed by atoms with Gasteiger partial charge in [0.25, 0.3) is 0 Å². The van der Waals surface area contributed by atoms with Crippen LogP contribution in [0.1, 0.15) is 42.7 Å². The van der Waals surface area contributed by atoms with Gasteiger partial charge in [-0.3, -0.25) is 4.90 Å². The molecule has 1 aliphatic rings. The van der Waals surface area contributed by atoms with E-state index in [0.717, 1.165) is 49.0 Å². The Labute approximate surface area is 209 Å². The standard InChI is InChI=1S/C24H36N4O3.HI/c1-5-25-24(27-16-21(28(3)4)22-9-7-13-30-22)26-15-19-11-10-18(2)14-23(19)31-17-20-8-6-12-29-20;/h7,9-11,13-14,20-21H,5-6,8,12,15-17H2,1-4H3,(H2,25,26,27);1H. The third-order valence-electron chi connectivity index (χ3n) is 5.38. The van der Waals surface area contributed by atoms with Crippen molar-refractivity contribution in [1.29, 1.82) is 0 Å². The van der Waals surface area contributed by atoms with Gasteiger partial charge in [-0.15, -0.1) is 24.0 Å². The summed E-state index contributed by atoms with van der Waals surface area (Å²) < 4.78 is 17.4. The minimum Gasteiger partial charge on any atom is -0.491 e. The second kappa shape index (κ2) is 13.7. The molecule has 1 aromatic heterocycles. The number of guanidine groups is 1. The summed E-state index contributed by atoms with van der Waals surface area (Å²) in [7, 11) is 4.09. The van der Waals surface area contributed by atoms with Crippen molar-refractivity contribution in [2.24, 2.45) is 4.99 Å². The molecular weight excluding hydrogens is 519 g/mol. The molecule has 2 unspecified atom stereocenters. The minimum absolute atomic E-state index is 0. The number of halogens is 1. The average molecular weight is 556 g/mol. The number of furan rings is 1. The first kappa shape index (κ1) is 26.5. The van der Waals surface area contributed by atoms with E-state index in [1.165, 1.54) is 5.56 Å². The Morgan fingerprint density at radius 3 is 2.78 bits per heavy atom. The zero-order chi connectivity index (χ0) is 22.1. The van der Waals surface area contributed by atoms with Gasteiger partial charge < -0.3 is 24.5 Å². The third-order valence-corrected chi connectivity index (χ3v) is 5.38. The van der Waals surface area contributed by atoms with Crippen molar-refractivity contribution in [3.05, 3.63) is 53.5 Å². The van der Waals surface area contributed by atoms with Crippen molar-refractivity contribution in [3.63, 3.8) is 0 Å². The van der Waals surface area contributed by atoms with Crippen molar-refractivity contribution < 1.29 is 13.9 Å². The van der Waals surface area contributed by atoms with Crippen LogP contribution in [0, 0.1) is 6.92 Å². The molecule has 7 nitrogen and oxygen atoms in total. The first-order valence-electron chi connectivity index (χ1n) is 11.1. The van der Waals surface area contributed by atoms with E-state index >= 15 is 0 Å². The number of aliphatic imine (C=N–C) groups is 1. The number of hydrogen-bond acceptors (Lipinski definition) is 5. The van der Waals surface area contributed by atoms with Crippen LogP contribution in [-0.4, -0.2) is 57.4 Å². The first-order valence-corrected chi connectivity index (χ1v) is 11.1. The molecular formula is C24H37IN4O3. The second-order valence-electron chi connectivity index (χ2n) is 8.13. The highest BCUT2D eigenvalue weighted by molar-refractivity contribution is 14.0. The highest BCUT2D eigenvalue weighted by Gasteiger charge is 2.18. The fourth-order valence-electron chi connectivity index (χ4n) is 3.60. The van der Waals surface area contributed by atoms with Crippen molar-refractivity contribution >= 4 is 29.9 Å². The summed E-state index contributed by atoms with van der Waals surface area (Å²) in [6.07, 6.45) is 4.08. The third kappa shape index (κ3) is 7.97. The van der Waals surface area contributed by atoms with Gasteiger partial charge in [-0.1, -0.05) is 12.1 Å². The van der Waals surface area contributed by atoms with E-state index in [9.17, 15) is 0 Å². The van der Waals surface area contributed by atoms with Crippen molar-refractivity contribution in [2.75, 3.05) is 40.4 Å². The first-order chi connectivity index (χ1) is 15.1. The lowest BCUT2D eigenvalue weighted by Crippen LogP contribution is -2.41. The molecule has 0 saturated carbocycles. The van der Waals surface area contributed by atoms with Crippen LogP contribution in [0.2, 0.25) is 0 Å². The summed E-state index contributed by atoms with van der Waals surface area (Å²) in [4.78, 5) is 6.93. The summed E-state index contributed by atoms with van der Waals surface area (Å²) >= 11 is 0. The van der Waals surface area contributed by atoms with E-state index in [0.29, 0.717) is 19.7 Å². The van der Waals surface area contributed by atoms with E-state index in [2.05, 4.69) is 47.6 Å². The number of likely N-dealkylation sites (N-methyl/N-ethyl adjacent to an activating group) is 1. The smallest absolute Gasteiger partial charge is 0.191 e. The van der Waals surface area contributed by atoms with Crippen LogP contribution in [0.15, 0.2) is 46.0 Å². The minimum atomic E-state index is 0. The summed E-state index contributed by atoms with van der Waals surface area (Å²) in [5.41, 5.74) is 2.24. The van der Waals surface area contributed by atoms with Crippen LogP contribution < -0.4 is 15.4 Å². The molecule has 8 heteroatoms. The normalized spacial score (nSPS) is 17.2. The Balaban J connectivity index is 0.00000363. The molecule has 3 rings (SSSR count). The molecule has 2 atom stereocenters. The Hall–Kier alpha value is -1.78. The molecule has 0 spiro atoms. The topological polar surface area (TPSA) is 71.3 Å². The molecule has 0 bridgehead atoms. The summed E-state index contributed by atoms with van der Waals surface area (Å²) in [6, 6.07) is 10.3. The van der Waals surface area contributed by atoms with Crippen LogP contribution in [0.3, 0.4) is 0 Å². The van der Waals surface area contributed by atoms with Crippen LogP contribution in [0.4, 0.5) is 0 Å². The fourth-order valence-corrected chi connectivity index (χ4v) is 3.60. The number of ether oxygens (including phenoxy) is 2. The van der Waals surface area contributed by atoms with Gasteiger partial charge in [0.05, 0.1) is 25.0 Å². The fraction of sp³-hybridized carbons (Fsp3) is 0.542. The number of rotatable bonds is 10. The number of nitrogens with one attached hydrogen (secondary N) is 2. The maximum Gasteiger partial charge on any atom is 0.191 e. The lowest BCUT2D eigenvalue weighted by molar-refractivity contribution is 0.0676. The molecule has 1 aliphatic heterocycles. The van der Waals surface area contributed by atoms with Crippen LogP contribution in [0.5, 0.6) is 5.75 Å². The van der Waals surface area contributed by atoms with Crippen molar-refractivity contribution in [1.82, 2.24) is 15.5 Å². The Bertz CT molecular complexity index is 821. The van der Waals surface area contributed by atoms with Gasteiger partial charge in [-0.25, -0.2) is 4.99 Å². The predicted molar refractivity (Wildman–Crippen MR) is 139 cm³/mol. The Morgan fingerprint density at radius 2 is 2.12 bits per heavy atom. The van der Waals surface area contributed by atoms with Gasteiger partial charge in [0, 0.05) is 25.3 Å². The highest BCUT2D eigenvalue weighted by atomic mass is 127. The van der Waals surface area contributed by atoms with Gasteiger partial charge in [0.1, 0.15) is 18.1 Å².